The topological polar surface area (TPSA) is 64.9 Å². The maximum absolute atomic E-state index is 5.64. The molecular formula is C15H19N3OS. The van der Waals surface area contributed by atoms with Crippen molar-refractivity contribution in [3.8, 4) is 0 Å². The van der Waals surface area contributed by atoms with E-state index in [0.717, 1.165) is 28.6 Å². The van der Waals surface area contributed by atoms with Gasteiger partial charge in [0.2, 0.25) is 0 Å². The molecule has 0 bridgehead atoms. The molecule has 1 aromatic heterocycles. The van der Waals surface area contributed by atoms with Crippen molar-refractivity contribution in [3.63, 3.8) is 0 Å². The second-order valence-corrected chi connectivity index (χ2v) is 5.99. The van der Waals surface area contributed by atoms with Crippen LogP contribution in [0.2, 0.25) is 0 Å². The van der Waals surface area contributed by atoms with Gasteiger partial charge in [0.05, 0.1) is 5.75 Å². The Morgan fingerprint density at radius 2 is 2.00 bits per heavy atom. The maximum Gasteiger partial charge on any atom is 0.250 e. The molecule has 1 heterocycles. The molecule has 0 aliphatic heterocycles. The zero-order valence-corrected chi connectivity index (χ0v) is 12.6. The van der Waals surface area contributed by atoms with Gasteiger partial charge in [0.15, 0.2) is 5.82 Å². The Bertz CT molecular complexity index is 561. The number of aromatic nitrogens is 2. The van der Waals surface area contributed by atoms with E-state index in [0.29, 0.717) is 11.8 Å². The summed E-state index contributed by atoms with van der Waals surface area (Å²) in [5.41, 5.74) is 7.44. The van der Waals surface area contributed by atoms with Crippen LogP contribution in [0, 0.1) is 5.92 Å². The molecule has 0 aliphatic carbocycles. The third-order valence-electron chi connectivity index (χ3n) is 2.52. The molecule has 0 atom stereocenters. The number of hydrogen-bond donors (Lipinski definition) is 1. The van der Waals surface area contributed by atoms with Crippen molar-refractivity contribution >= 4 is 29.6 Å². The van der Waals surface area contributed by atoms with Gasteiger partial charge in [0.1, 0.15) is 0 Å². The molecule has 5 heteroatoms. The number of thioether (sulfide) groups is 1. The predicted molar refractivity (Wildman–Crippen MR) is 85.1 cm³/mol. The van der Waals surface area contributed by atoms with Crippen LogP contribution in [0.25, 0.3) is 12.2 Å². The summed E-state index contributed by atoms with van der Waals surface area (Å²) in [7, 11) is 0. The molecular weight excluding hydrogens is 270 g/mol. The summed E-state index contributed by atoms with van der Waals surface area (Å²) in [4.78, 5) is 4.33. The first-order valence-electron chi connectivity index (χ1n) is 6.57. The van der Waals surface area contributed by atoms with Gasteiger partial charge in [-0.1, -0.05) is 31.1 Å². The van der Waals surface area contributed by atoms with Crippen molar-refractivity contribution < 1.29 is 4.52 Å². The van der Waals surface area contributed by atoms with Gasteiger partial charge < -0.3 is 10.3 Å². The van der Waals surface area contributed by atoms with E-state index in [9.17, 15) is 0 Å². The molecule has 0 unspecified atom stereocenters. The first-order valence-corrected chi connectivity index (χ1v) is 7.73. The fourth-order valence-electron chi connectivity index (χ4n) is 1.55. The standard InChI is InChI=1S/C15H19N3OS/c1-11(2)9-20-10-14-17-15(19-18-14)8-5-12-3-6-13(16)7-4-12/h3-8,11H,9-10,16H2,1-2H3/b8-5+. The Balaban J connectivity index is 1.90. The number of hydrogen-bond acceptors (Lipinski definition) is 5. The molecule has 0 fully saturated rings. The smallest absolute Gasteiger partial charge is 0.250 e. The van der Waals surface area contributed by atoms with Gasteiger partial charge in [-0.05, 0) is 35.4 Å². The quantitative estimate of drug-likeness (QED) is 0.821. The molecule has 0 radical (unpaired) electrons. The Morgan fingerprint density at radius 3 is 2.70 bits per heavy atom. The van der Waals surface area contributed by atoms with E-state index in [1.807, 2.05) is 48.2 Å². The summed E-state index contributed by atoms with van der Waals surface area (Å²) in [6.45, 7) is 4.40. The van der Waals surface area contributed by atoms with Crippen LogP contribution in [0.3, 0.4) is 0 Å². The molecule has 0 spiro atoms. The van der Waals surface area contributed by atoms with Crippen LogP contribution in [0.5, 0.6) is 0 Å². The maximum atomic E-state index is 5.64. The SMILES string of the molecule is CC(C)CSCc1noc(/C=C/c2ccc(N)cc2)n1. The van der Waals surface area contributed by atoms with Crippen molar-refractivity contribution in [1.82, 2.24) is 10.1 Å². The average Bonchev–Trinajstić information content (AvgIpc) is 2.86. The Morgan fingerprint density at radius 1 is 1.25 bits per heavy atom. The summed E-state index contributed by atoms with van der Waals surface area (Å²) in [6, 6.07) is 7.62. The summed E-state index contributed by atoms with van der Waals surface area (Å²) in [5, 5.41) is 3.96. The number of benzene rings is 1. The minimum atomic E-state index is 0.530. The second kappa shape index (κ2) is 7.14. The lowest BCUT2D eigenvalue weighted by molar-refractivity contribution is 0.405. The molecule has 4 nitrogen and oxygen atoms in total. The van der Waals surface area contributed by atoms with Crippen LogP contribution in [-0.4, -0.2) is 15.9 Å². The molecule has 2 N–H and O–H groups in total. The molecule has 0 aliphatic rings. The average molecular weight is 289 g/mol. The van der Waals surface area contributed by atoms with Gasteiger partial charge in [-0.3, -0.25) is 0 Å². The van der Waals surface area contributed by atoms with Gasteiger partial charge in [-0.15, -0.1) is 0 Å². The Hall–Kier alpha value is -1.75. The van der Waals surface area contributed by atoms with E-state index in [-0.39, 0.29) is 0 Å². The summed E-state index contributed by atoms with van der Waals surface area (Å²) < 4.78 is 5.18. The lowest BCUT2D eigenvalue weighted by atomic mass is 10.2. The van der Waals surface area contributed by atoms with Crippen molar-refractivity contribution in [2.75, 3.05) is 11.5 Å². The Kier molecular flexibility index (Phi) is 5.24. The highest BCUT2D eigenvalue weighted by Gasteiger charge is 2.04. The molecule has 20 heavy (non-hydrogen) atoms. The van der Waals surface area contributed by atoms with Gasteiger partial charge in [-0.2, -0.15) is 16.7 Å². The lowest BCUT2D eigenvalue weighted by Gasteiger charge is -2.00. The third kappa shape index (κ3) is 4.74. The minimum absolute atomic E-state index is 0.530. The van der Waals surface area contributed by atoms with Gasteiger partial charge >= 0.3 is 0 Å². The van der Waals surface area contributed by atoms with E-state index in [4.69, 9.17) is 10.3 Å². The number of nitrogen functional groups attached to an aromatic ring is 1. The van der Waals surface area contributed by atoms with E-state index >= 15 is 0 Å². The molecule has 106 valence electrons. The van der Waals surface area contributed by atoms with Gasteiger partial charge in [0, 0.05) is 11.8 Å². The molecule has 0 saturated heterocycles. The largest absolute Gasteiger partial charge is 0.399 e. The van der Waals surface area contributed by atoms with Crippen LogP contribution >= 0.6 is 11.8 Å². The zero-order valence-electron chi connectivity index (χ0n) is 11.7. The van der Waals surface area contributed by atoms with Crippen LogP contribution in [0.4, 0.5) is 5.69 Å². The van der Waals surface area contributed by atoms with Crippen LogP contribution in [-0.2, 0) is 5.75 Å². The van der Waals surface area contributed by atoms with Crippen molar-refractivity contribution in [3.05, 3.63) is 41.5 Å². The van der Waals surface area contributed by atoms with E-state index in [1.54, 1.807) is 0 Å². The van der Waals surface area contributed by atoms with Crippen molar-refractivity contribution in [1.29, 1.82) is 0 Å². The predicted octanol–water partition coefficient (Wildman–Crippen LogP) is 3.71. The minimum Gasteiger partial charge on any atom is -0.399 e. The highest BCUT2D eigenvalue weighted by Crippen LogP contribution is 2.14. The number of nitrogens with two attached hydrogens (primary N) is 1. The van der Waals surface area contributed by atoms with E-state index in [1.165, 1.54) is 0 Å². The number of anilines is 1. The molecule has 2 aromatic rings. The first-order chi connectivity index (χ1) is 9.63. The Labute approximate surface area is 123 Å². The van der Waals surface area contributed by atoms with Crippen LogP contribution in [0.15, 0.2) is 28.8 Å². The molecule has 1 aromatic carbocycles. The summed E-state index contributed by atoms with van der Waals surface area (Å²) in [5.74, 6) is 3.84. The van der Waals surface area contributed by atoms with Crippen LogP contribution in [0.1, 0.15) is 31.1 Å². The van der Waals surface area contributed by atoms with Gasteiger partial charge in [-0.25, -0.2) is 0 Å². The molecule has 2 rings (SSSR count). The normalized spacial score (nSPS) is 11.6. The number of rotatable bonds is 6. The summed E-state index contributed by atoms with van der Waals surface area (Å²) in [6.07, 6.45) is 3.74. The molecule has 0 saturated carbocycles. The van der Waals surface area contributed by atoms with E-state index < -0.39 is 0 Å². The first kappa shape index (κ1) is 14.7. The monoisotopic (exact) mass is 289 g/mol. The van der Waals surface area contributed by atoms with Crippen molar-refractivity contribution in [2.45, 2.75) is 19.6 Å². The lowest BCUT2D eigenvalue weighted by Crippen LogP contribution is -1.92. The molecule has 0 amide bonds. The fourth-order valence-corrected chi connectivity index (χ4v) is 2.44. The van der Waals surface area contributed by atoms with E-state index in [2.05, 4.69) is 24.0 Å². The second-order valence-electron chi connectivity index (χ2n) is 4.96. The van der Waals surface area contributed by atoms with Crippen molar-refractivity contribution in [2.24, 2.45) is 5.92 Å². The van der Waals surface area contributed by atoms with Crippen LogP contribution < -0.4 is 5.73 Å². The summed E-state index contributed by atoms with van der Waals surface area (Å²) >= 11 is 1.82. The highest BCUT2D eigenvalue weighted by molar-refractivity contribution is 7.98. The fraction of sp³-hybridized carbons (Fsp3) is 0.333. The third-order valence-corrected chi connectivity index (χ3v) is 3.89. The van der Waals surface area contributed by atoms with Gasteiger partial charge in [0.25, 0.3) is 5.89 Å². The highest BCUT2D eigenvalue weighted by atomic mass is 32.2. The zero-order chi connectivity index (χ0) is 14.4. The number of nitrogens with zero attached hydrogens (tertiary/aromatic N) is 2.